The zero-order chi connectivity index (χ0) is 21.3. The monoisotopic (exact) mass is 437 g/mol. The van der Waals surface area contributed by atoms with Crippen molar-refractivity contribution in [2.45, 2.75) is 13.5 Å². The Morgan fingerprint density at radius 3 is 2.47 bits per heavy atom. The lowest BCUT2D eigenvalue weighted by Crippen LogP contribution is -2.24. The SMILES string of the molecule is Cc1nc2ccc(NC(=O)c3cccc(Cl)c3)cc2c(=O)n1Cc1cccc(Cl)c1. The van der Waals surface area contributed by atoms with Crippen molar-refractivity contribution in [3.05, 3.63) is 104 Å². The number of carbonyl (C=O) groups is 1. The fraction of sp³-hybridized carbons (Fsp3) is 0.0870. The maximum atomic E-state index is 13.2. The Labute approximate surface area is 182 Å². The number of nitrogens with zero attached hydrogens (tertiary/aromatic N) is 2. The molecule has 150 valence electrons. The molecule has 1 aromatic heterocycles. The summed E-state index contributed by atoms with van der Waals surface area (Å²) in [6.07, 6.45) is 0. The highest BCUT2D eigenvalue weighted by Crippen LogP contribution is 2.18. The lowest BCUT2D eigenvalue weighted by molar-refractivity contribution is 0.102. The van der Waals surface area contributed by atoms with Crippen LogP contribution in [0.1, 0.15) is 21.7 Å². The lowest BCUT2D eigenvalue weighted by Gasteiger charge is -2.12. The number of rotatable bonds is 4. The molecular formula is C23H17Cl2N3O2. The van der Waals surface area contributed by atoms with Crippen LogP contribution in [0.3, 0.4) is 0 Å². The van der Waals surface area contributed by atoms with E-state index < -0.39 is 0 Å². The molecule has 30 heavy (non-hydrogen) atoms. The minimum Gasteiger partial charge on any atom is -0.322 e. The van der Waals surface area contributed by atoms with Crippen molar-refractivity contribution in [1.82, 2.24) is 9.55 Å². The van der Waals surface area contributed by atoms with Gasteiger partial charge in [0.15, 0.2) is 0 Å². The fourth-order valence-corrected chi connectivity index (χ4v) is 3.65. The number of fused-ring (bicyclic) bond motifs is 1. The number of anilines is 1. The molecule has 3 aromatic carbocycles. The van der Waals surface area contributed by atoms with Gasteiger partial charge in [-0.1, -0.05) is 41.4 Å². The predicted molar refractivity (Wildman–Crippen MR) is 121 cm³/mol. The van der Waals surface area contributed by atoms with E-state index in [2.05, 4.69) is 10.3 Å². The highest BCUT2D eigenvalue weighted by molar-refractivity contribution is 6.31. The van der Waals surface area contributed by atoms with Gasteiger partial charge in [-0.25, -0.2) is 4.98 Å². The number of nitrogens with one attached hydrogen (secondary N) is 1. The van der Waals surface area contributed by atoms with Gasteiger partial charge in [0.1, 0.15) is 5.82 Å². The molecular weight excluding hydrogens is 421 g/mol. The predicted octanol–water partition coefficient (Wildman–Crippen LogP) is 5.31. The van der Waals surface area contributed by atoms with Crippen molar-refractivity contribution in [3.63, 3.8) is 0 Å². The number of carbonyl (C=O) groups excluding carboxylic acids is 1. The Kier molecular flexibility index (Phi) is 5.57. The molecule has 5 nitrogen and oxygen atoms in total. The second kappa shape index (κ2) is 8.30. The number of hydrogen-bond acceptors (Lipinski definition) is 3. The molecule has 4 aromatic rings. The van der Waals surface area contributed by atoms with Crippen LogP contribution in [0.5, 0.6) is 0 Å². The highest BCUT2D eigenvalue weighted by Gasteiger charge is 2.12. The standard InChI is InChI=1S/C23H17Cl2N3O2/c1-14-26-21-9-8-19(27-22(29)16-5-3-7-18(25)11-16)12-20(21)23(30)28(14)13-15-4-2-6-17(24)10-15/h2-12H,13H2,1H3,(H,27,29). The summed E-state index contributed by atoms with van der Waals surface area (Å²) in [7, 11) is 0. The molecule has 0 atom stereocenters. The molecule has 0 spiro atoms. The second-order valence-electron chi connectivity index (χ2n) is 6.88. The van der Waals surface area contributed by atoms with Gasteiger partial charge in [-0.2, -0.15) is 0 Å². The Morgan fingerprint density at radius 2 is 1.73 bits per heavy atom. The molecule has 0 aliphatic heterocycles. The Balaban J connectivity index is 1.69. The number of benzene rings is 3. The van der Waals surface area contributed by atoms with Crippen molar-refractivity contribution in [3.8, 4) is 0 Å². The van der Waals surface area contributed by atoms with E-state index in [1.807, 2.05) is 18.2 Å². The Morgan fingerprint density at radius 1 is 1.00 bits per heavy atom. The smallest absolute Gasteiger partial charge is 0.261 e. The second-order valence-corrected chi connectivity index (χ2v) is 7.75. The molecule has 1 N–H and O–H groups in total. The fourth-order valence-electron chi connectivity index (χ4n) is 3.25. The van der Waals surface area contributed by atoms with Crippen molar-refractivity contribution >= 4 is 45.7 Å². The maximum Gasteiger partial charge on any atom is 0.261 e. The summed E-state index contributed by atoms with van der Waals surface area (Å²) in [5, 5.41) is 4.31. The van der Waals surface area contributed by atoms with E-state index in [0.717, 1.165) is 5.56 Å². The van der Waals surface area contributed by atoms with Crippen LogP contribution in [-0.2, 0) is 6.54 Å². The van der Waals surface area contributed by atoms with Gasteiger partial charge in [0.2, 0.25) is 0 Å². The van der Waals surface area contributed by atoms with Crippen LogP contribution in [0.25, 0.3) is 10.9 Å². The van der Waals surface area contributed by atoms with E-state index in [4.69, 9.17) is 23.2 Å². The molecule has 0 fully saturated rings. The maximum absolute atomic E-state index is 13.2. The molecule has 0 saturated carbocycles. The van der Waals surface area contributed by atoms with E-state index in [-0.39, 0.29) is 11.5 Å². The van der Waals surface area contributed by atoms with Crippen molar-refractivity contribution in [2.24, 2.45) is 0 Å². The molecule has 7 heteroatoms. The minimum atomic E-state index is -0.309. The zero-order valence-electron chi connectivity index (χ0n) is 16.0. The van der Waals surface area contributed by atoms with E-state index in [1.54, 1.807) is 60.0 Å². The average molecular weight is 438 g/mol. The lowest BCUT2D eigenvalue weighted by atomic mass is 10.1. The van der Waals surface area contributed by atoms with Gasteiger partial charge in [0, 0.05) is 21.3 Å². The molecule has 0 saturated heterocycles. The third kappa shape index (κ3) is 4.22. The molecule has 0 radical (unpaired) electrons. The number of amides is 1. The minimum absolute atomic E-state index is 0.184. The van der Waals surface area contributed by atoms with Crippen molar-refractivity contribution < 1.29 is 4.79 Å². The third-order valence-corrected chi connectivity index (χ3v) is 5.19. The summed E-state index contributed by atoms with van der Waals surface area (Å²) in [6, 6.07) is 19.1. The van der Waals surface area contributed by atoms with Gasteiger partial charge in [0.05, 0.1) is 17.4 Å². The van der Waals surface area contributed by atoms with Crippen molar-refractivity contribution in [1.29, 1.82) is 0 Å². The first kappa shape index (κ1) is 20.1. The van der Waals surface area contributed by atoms with Crippen LogP contribution in [0.4, 0.5) is 5.69 Å². The molecule has 0 aliphatic carbocycles. The van der Waals surface area contributed by atoms with Gasteiger partial charge in [-0.15, -0.1) is 0 Å². The average Bonchev–Trinajstić information content (AvgIpc) is 2.72. The van der Waals surface area contributed by atoms with Gasteiger partial charge in [0.25, 0.3) is 11.5 Å². The zero-order valence-corrected chi connectivity index (χ0v) is 17.5. The summed E-state index contributed by atoms with van der Waals surface area (Å²) >= 11 is 12.0. The number of aryl methyl sites for hydroxylation is 1. The molecule has 0 unspecified atom stereocenters. The third-order valence-electron chi connectivity index (χ3n) is 4.72. The van der Waals surface area contributed by atoms with Gasteiger partial charge >= 0.3 is 0 Å². The first-order valence-corrected chi connectivity index (χ1v) is 9.99. The molecule has 4 rings (SSSR count). The van der Waals surface area contributed by atoms with Gasteiger partial charge in [-0.05, 0) is 61.0 Å². The van der Waals surface area contributed by atoms with Crippen LogP contribution < -0.4 is 10.9 Å². The van der Waals surface area contributed by atoms with Gasteiger partial charge < -0.3 is 5.32 Å². The summed E-state index contributed by atoms with van der Waals surface area (Å²) in [4.78, 5) is 30.2. The van der Waals surface area contributed by atoms with Crippen LogP contribution in [0.15, 0.2) is 71.5 Å². The van der Waals surface area contributed by atoms with Crippen LogP contribution in [0, 0.1) is 6.92 Å². The first-order chi connectivity index (χ1) is 14.4. The number of halogens is 2. The molecule has 0 aliphatic rings. The number of aromatic nitrogens is 2. The number of hydrogen-bond donors (Lipinski definition) is 1. The summed E-state index contributed by atoms with van der Waals surface area (Å²) < 4.78 is 1.59. The summed E-state index contributed by atoms with van der Waals surface area (Å²) in [5.74, 6) is 0.291. The molecule has 0 bridgehead atoms. The highest BCUT2D eigenvalue weighted by atomic mass is 35.5. The topological polar surface area (TPSA) is 64.0 Å². The van der Waals surface area contributed by atoms with E-state index in [9.17, 15) is 9.59 Å². The Bertz CT molecular complexity index is 1330. The molecule has 1 amide bonds. The normalized spacial score (nSPS) is 10.9. The quantitative estimate of drug-likeness (QED) is 0.470. The van der Waals surface area contributed by atoms with Crippen LogP contribution in [0.2, 0.25) is 10.0 Å². The summed E-state index contributed by atoms with van der Waals surface area (Å²) in [6.45, 7) is 2.15. The van der Waals surface area contributed by atoms with E-state index in [1.165, 1.54) is 0 Å². The van der Waals surface area contributed by atoms with Crippen LogP contribution in [-0.4, -0.2) is 15.5 Å². The van der Waals surface area contributed by atoms with Gasteiger partial charge in [-0.3, -0.25) is 14.2 Å². The molecule has 1 heterocycles. The van der Waals surface area contributed by atoms with E-state index in [0.29, 0.717) is 44.6 Å². The largest absolute Gasteiger partial charge is 0.322 e. The van der Waals surface area contributed by atoms with Crippen LogP contribution >= 0.6 is 23.2 Å². The summed E-state index contributed by atoms with van der Waals surface area (Å²) in [5.41, 5.74) is 2.23. The van der Waals surface area contributed by atoms with Crippen molar-refractivity contribution in [2.75, 3.05) is 5.32 Å². The Hall–Kier alpha value is -3.15. The van der Waals surface area contributed by atoms with E-state index >= 15 is 0 Å². The first-order valence-electron chi connectivity index (χ1n) is 9.23.